The molecular weight excluding hydrogens is 321 g/mol. The van der Waals surface area contributed by atoms with Gasteiger partial charge in [0.25, 0.3) is 0 Å². The van der Waals surface area contributed by atoms with Gasteiger partial charge in [-0.05, 0) is 59.1 Å². The molecule has 0 aliphatic heterocycles. The van der Waals surface area contributed by atoms with Crippen LogP contribution in [0.2, 0.25) is 0 Å². The third-order valence-corrected chi connectivity index (χ3v) is 3.89. The number of benzene rings is 2. The van der Waals surface area contributed by atoms with Crippen LogP contribution >= 0.6 is 15.9 Å². The molecule has 1 saturated carbocycles. The summed E-state index contributed by atoms with van der Waals surface area (Å²) in [5.74, 6) is 1.18. The summed E-state index contributed by atoms with van der Waals surface area (Å²) < 4.78 is 20.2. The highest BCUT2D eigenvalue weighted by Crippen LogP contribution is 2.32. The predicted molar refractivity (Wildman–Crippen MR) is 80.5 cm³/mol. The third kappa shape index (κ3) is 3.38. The van der Waals surface area contributed by atoms with Gasteiger partial charge in [-0.1, -0.05) is 12.1 Å². The quantitative estimate of drug-likeness (QED) is 0.859. The molecule has 2 aromatic rings. The zero-order valence-corrected chi connectivity index (χ0v) is 12.5. The Balaban J connectivity index is 1.82. The second-order valence-electron chi connectivity index (χ2n) is 4.94. The molecule has 0 heterocycles. The molecule has 1 N–H and O–H groups in total. The second-order valence-corrected chi connectivity index (χ2v) is 5.79. The summed E-state index contributed by atoms with van der Waals surface area (Å²) in [6, 6.07) is 12.8. The molecule has 0 aromatic heterocycles. The molecule has 0 atom stereocenters. The van der Waals surface area contributed by atoms with Gasteiger partial charge in [0, 0.05) is 18.2 Å². The minimum atomic E-state index is -0.239. The van der Waals surface area contributed by atoms with E-state index in [1.165, 1.54) is 25.0 Å². The van der Waals surface area contributed by atoms with Crippen molar-refractivity contribution in [2.24, 2.45) is 0 Å². The van der Waals surface area contributed by atoms with Crippen LogP contribution in [0.4, 0.5) is 4.39 Å². The summed E-state index contributed by atoms with van der Waals surface area (Å²) in [4.78, 5) is 0. The van der Waals surface area contributed by atoms with Gasteiger partial charge in [-0.2, -0.15) is 0 Å². The van der Waals surface area contributed by atoms with Crippen molar-refractivity contribution in [2.45, 2.75) is 25.4 Å². The first-order valence-electron chi connectivity index (χ1n) is 6.66. The largest absolute Gasteiger partial charge is 0.456 e. The molecule has 2 aromatic carbocycles. The maximum Gasteiger partial charge on any atom is 0.141 e. The van der Waals surface area contributed by atoms with E-state index in [9.17, 15) is 4.39 Å². The summed E-state index contributed by atoms with van der Waals surface area (Å²) >= 11 is 3.45. The van der Waals surface area contributed by atoms with Crippen molar-refractivity contribution in [2.75, 3.05) is 0 Å². The van der Waals surface area contributed by atoms with Crippen molar-refractivity contribution in [1.29, 1.82) is 0 Å². The molecule has 0 radical (unpaired) electrons. The van der Waals surface area contributed by atoms with Crippen molar-refractivity contribution in [3.8, 4) is 11.5 Å². The van der Waals surface area contributed by atoms with Crippen molar-refractivity contribution in [3.63, 3.8) is 0 Å². The van der Waals surface area contributed by atoms with E-state index in [0.717, 1.165) is 15.8 Å². The molecule has 3 rings (SSSR count). The Kier molecular flexibility index (Phi) is 4.03. The SMILES string of the molecule is Fc1ccc(Oc2ccccc2Br)c(CNC2CC2)c1. The van der Waals surface area contributed by atoms with Crippen molar-refractivity contribution in [1.82, 2.24) is 5.32 Å². The smallest absolute Gasteiger partial charge is 0.141 e. The minimum absolute atomic E-state index is 0.239. The molecule has 0 amide bonds. The first-order valence-corrected chi connectivity index (χ1v) is 7.46. The van der Waals surface area contributed by atoms with Crippen molar-refractivity contribution in [3.05, 3.63) is 58.3 Å². The van der Waals surface area contributed by atoms with Crippen LogP contribution in [-0.4, -0.2) is 6.04 Å². The first kappa shape index (κ1) is 13.6. The Bertz CT molecular complexity index is 613. The molecule has 0 bridgehead atoms. The summed E-state index contributed by atoms with van der Waals surface area (Å²) in [5, 5.41) is 3.38. The average molecular weight is 336 g/mol. The number of hydrogen-bond acceptors (Lipinski definition) is 2. The molecule has 0 saturated heterocycles. The molecule has 20 heavy (non-hydrogen) atoms. The standard InChI is InChI=1S/C16H15BrFNO/c17-14-3-1-2-4-16(14)20-15-8-5-12(18)9-11(15)10-19-13-6-7-13/h1-5,8-9,13,19H,6-7,10H2. The fourth-order valence-corrected chi connectivity index (χ4v) is 2.34. The predicted octanol–water partition coefficient (Wildman–Crippen LogP) is 4.63. The highest BCUT2D eigenvalue weighted by atomic mass is 79.9. The van der Waals surface area contributed by atoms with E-state index < -0.39 is 0 Å². The molecular formula is C16H15BrFNO. The van der Waals surface area contributed by atoms with Gasteiger partial charge in [-0.25, -0.2) is 4.39 Å². The minimum Gasteiger partial charge on any atom is -0.456 e. The fraction of sp³-hybridized carbons (Fsp3) is 0.250. The normalized spacial score (nSPS) is 14.3. The van der Waals surface area contributed by atoms with E-state index in [2.05, 4.69) is 21.2 Å². The molecule has 1 aliphatic rings. The number of halogens is 2. The Labute approximate surface area is 126 Å². The van der Waals surface area contributed by atoms with Crippen LogP contribution in [0.3, 0.4) is 0 Å². The Morgan fingerprint density at radius 2 is 1.95 bits per heavy atom. The van der Waals surface area contributed by atoms with E-state index >= 15 is 0 Å². The van der Waals surface area contributed by atoms with Crippen LogP contribution in [0.15, 0.2) is 46.9 Å². The lowest BCUT2D eigenvalue weighted by molar-refractivity contribution is 0.467. The third-order valence-electron chi connectivity index (χ3n) is 3.24. The zero-order valence-electron chi connectivity index (χ0n) is 10.9. The van der Waals surface area contributed by atoms with E-state index in [4.69, 9.17) is 4.74 Å². The van der Waals surface area contributed by atoms with Crippen LogP contribution in [-0.2, 0) is 6.54 Å². The van der Waals surface area contributed by atoms with Crippen LogP contribution in [0.5, 0.6) is 11.5 Å². The van der Waals surface area contributed by atoms with Gasteiger partial charge >= 0.3 is 0 Å². The lowest BCUT2D eigenvalue weighted by Crippen LogP contribution is -2.15. The van der Waals surface area contributed by atoms with Crippen LogP contribution in [0, 0.1) is 5.82 Å². The summed E-state index contributed by atoms with van der Waals surface area (Å²) in [5.41, 5.74) is 0.840. The zero-order chi connectivity index (χ0) is 13.9. The molecule has 1 aliphatic carbocycles. The molecule has 104 valence electrons. The first-order chi connectivity index (χ1) is 9.72. The van der Waals surface area contributed by atoms with E-state index in [1.54, 1.807) is 6.07 Å². The fourth-order valence-electron chi connectivity index (χ4n) is 1.97. The lowest BCUT2D eigenvalue weighted by Gasteiger charge is -2.13. The maximum absolute atomic E-state index is 13.4. The number of nitrogens with one attached hydrogen (secondary N) is 1. The van der Waals surface area contributed by atoms with Crippen molar-refractivity contribution >= 4 is 15.9 Å². The van der Waals surface area contributed by atoms with Crippen molar-refractivity contribution < 1.29 is 9.13 Å². The highest BCUT2D eigenvalue weighted by Gasteiger charge is 2.21. The van der Waals surface area contributed by atoms with Gasteiger partial charge < -0.3 is 10.1 Å². The molecule has 2 nitrogen and oxygen atoms in total. The summed E-state index contributed by atoms with van der Waals surface area (Å²) in [6.45, 7) is 0.627. The van der Waals surface area contributed by atoms with E-state index in [1.807, 2.05) is 24.3 Å². The Hall–Kier alpha value is -1.39. The van der Waals surface area contributed by atoms with E-state index in [0.29, 0.717) is 18.3 Å². The second kappa shape index (κ2) is 5.94. The van der Waals surface area contributed by atoms with Crippen LogP contribution < -0.4 is 10.1 Å². The number of para-hydroxylation sites is 1. The maximum atomic E-state index is 13.4. The van der Waals surface area contributed by atoms with Gasteiger partial charge in [-0.15, -0.1) is 0 Å². The molecule has 0 spiro atoms. The van der Waals surface area contributed by atoms with Gasteiger partial charge in [0.15, 0.2) is 0 Å². The van der Waals surface area contributed by atoms with E-state index in [-0.39, 0.29) is 5.82 Å². The molecule has 1 fully saturated rings. The highest BCUT2D eigenvalue weighted by molar-refractivity contribution is 9.10. The number of hydrogen-bond donors (Lipinski definition) is 1. The molecule has 0 unspecified atom stereocenters. The number of ether oxygens (including phenoxy) is 1. The lowest BCUT2D eigenvalue weighted by atomic mass is 10.2. The monoisotopic (exact) mass is 335 g/mol. The van der Waals surface area contributed by atoms with Crippen LogP contribution in [0.1, 0.15) is 18.4 Å². The van der Waals surface area contributed by atoms with Gasteiger partial charge in [0.1, 0.15) is 17.3 Å². The average Bonchev–Trinajstić information content (AvgIpc) is 3.25. The Morgan fingerprint density at radius 1 is 1.15 bits per heavy atom. The van der Waals surface area contributed by atoms with Gasteiger partial charge in [-0.3, -0.25) is 0 Å². The molecule has 4 heteroatoms. The number of rotatable bonds is 5. The summed E-state index contributed by atoms with van der Waals surface area (Å²) in [7, 11) is 0. The summed E-state index contributed by atoms with van der Waals surface area (Å²) in [6.07, 6.45) is 2.41. The topological polar surface area (TPSA) is 21.3 Å². The van der Waals surface area contributed by atoms with Crippen LogP contribution in [0.25, 0.3) is 0 Å². The van der Waals surface area contributed by atoms with Gasteiger partial charge in [0.05, 0.1) is 4.47 Å². The Morgan fingerprint density at radius 3 is 2.70 bits per heavy atom. The van der Waals surface area contributed by atoms with Gasteiger partial charge in [0.2, 0.25) is 0 Å².